The van der Waals surface area contributed by atoms with E-state index in [2.05, 4.69) is 14.9 Å². The van der Waals surface area contributed by atoms with Gasteiger partial charge in [-0.05, 0) is 59.9 Å². The van der Waals surface area contributed by atoms with Crippen molar-refractivity contribution in [1.29, 1.82) is 0 Å². The molecule has 4 rings (SSSR count). The number of hydrogen-bond donors (Lipinski definition) is 1. The second-order valence-corrected chi connectivity index (χ2v) is 6.55. The molecule has 0 saturated carbocycles. The Balaban J connectivity index is 1.60. The van der Waals surface area contributed by atoms with Crippen molar-refractivity contribution >= 4 is 17.4 Å². The molecule has 2 N–H and O–H groups in total. The number of anilines is 2. The maximum atomic E-state index is 12.4. The highest BCUT2D eigenvalue weighted by Crippen LogP contribution is 2.35. The lowest BCUT2D eigenvalue weighted by Gasteiger charge is -2.19. The van der Waals surface area contributed by atoms with E-state index in [0.29, 0.717) is 17.7 Å². The van der Waals surface area contributed by atoms with Crippen LogP contribution in [0.2, 0.25) is 0 Å². The molecule has 6 nitrogen and oxygen atoms in total. The average Bonchev–Trinajstić information content (AvgIpc) is 3.13. The first-order valence-electron chi connectivity index (χ1n) is 8.92. The SMILES string of the molecule is NC(=O)c1cccc2c1CCN2c1cc(Cc2cncc(OCF)c2)ccn1. The van der Waals surface area contributed by atoms with Crippen molar-refractivity contribution < 1.29 is 13.9 Å². The quantitative estimate of drug-likeness (QED) is 0.713. The minimum atomic E-state index is -0.883. The van der Waals surface area contributed by atoms with Gasteiger partial charge in [0.15, 0.2) is 0 Å². The van der Waals surface area contributed by atoms with Crippen LogP contribution in [0, 0.1) is 0 Å². The zero-order chi connectivity index (χ0) is 19.5. The van der Waals surface area contributed by atoms with Crippen LogP contribution in [0.25, 0.3) is 0 Å². The Labute approximate surface area is 161 Å². The summed E-state index contributed by atoms with van der Waals surface area (Å²) in [6.07, 6.45) is 6.34. The fraction of sp³-hybridized carbons (Fsp3) is 0.190. The molecule has 0 unspecified atom stereocenters. The summed E-state index contributed by atoms with van der Waals surface area (Å²) in [5.74, 6) is 0.798. The number of nitrogens with two attached hydrogens (primary N) is 1. The number of ether oxygens (including phenoxy) is 1. The smallest absolute Gasteiger partial charge is 0.249 e. The summed E-state index contributed by atoms with van der Waals surface area (Å²) in [6, 6.07) is 11.3. The molecule has 0 spiro atoms. The minimum absolute atomic E-state index is 0.404. The average molecular weight is 378 g/mol. The molecule has 0 radical (unpaired) electrons. The lowest BCUT2D eigenvalue weighted by Crippen LogP contribution is -2.15. The topological polar surface area (TPSA) is 81.3 Å². The molecule has 1 amide bonds. The van der Waals surface area contributed by atoms with Crippen LogP contribution in [-0.2, 0) is 12.8 Å². The van der Waals surface area contributed by atoms with E-state index >= 15 is 0 Å². The molecule has 1 aliphatic rings. The molecule has 0 atom stereocenters. The van der Waals surface area contributed by atoms with Gasteiger partial charge in [-0.2, -0.15) is 0 Å². The molecule has 28 heavy (non-hydrogen) atoms. The predicted octanol–water partition coefficient (Wildman–Crippen LogP) is 3.17. The highest BCUT2D eigenvalue weighted by Gasteiger charge is 2.25. The van der Waals surface area contributed by atoms with Crippen molar-refractivity contribution in [2.24, 2.45) is 5.73 Å². The molecule has 0 bridgehead atoms. The monoisotopic (exact) mass is 378 g/mol. The minimum Gasteiger partial charge on any atom is -0.461 e. The van der Waals surface area contributed by atoms with Crippen LogP contribution < -0.4 is 15.4 Å². The van der Waals surface area contributed by atoms with Crippen LogP contribution in [0.15, 0.2) is 55.0 Å². The van der Waals surface area contributed by atoms with Gasteiger partial charge < -0.3 is 15.4 Å². The largest absolute Gasteiger partial charge is 0.461 e. The van der Waals surface area contributed by atoms with Gasteiger partial charge in [0.25, 0.3) is 0 Å². The van der Waals surface area contributed by atoms with Crippen molar-refractivity contribution in [2.75, 3.05) is 18.3 Å². The first kappa shape index (κ1) is 17.9. The molecule has 7 heteroatoms. The van der Waals surface area contributed by atoms with Crippen molar-refractivity contribution in [1.82, 2.24) is 9.97 Å². The first-order valence-corrected chi connectivity index (χ1v) is 8.92. The van der Waals surface area contributed by atoms with E-state index in [0.717, 1.165) is 41.2 Å². The molecular formula is C21H19FN4O2. The lowest BCUT2D eigenvalue weighted by atomic mass is 10.0. The summed E-state index contributed by atoms with van der Waals surface area (Å²) in [5, 5.41) is 0. The molecule has 0 saturated heterocycles. The number of carbonyl (C=O) groups is 1. The van der Waals surface area contributed by atoms with E-state index in [-0.39, 0.29) is 0 Å². The molecular weight excluding hydrogens is 359 g/mol. The first-order chi connectivity index (χ1) is 13.7. The summed E-state index contributed by atoms with van der Waals surface area (Å²) in [6.45, 7) is -0.149. The molecule has 3 aromatic rings. The Morgan fingerprint density at radius 3 is 2.93 bits per heavy atom. The highest BCUT2D eigenvalue weighted by molar-refractivity contribution is 5.96. The number of pyridine rings is 2. The molecule has 1 aromatic carbocycles. The lowest BCUT2D eigenvalue weighted by molar-refractivity contribution is 0.0999. The van der Waals surface area contributed by atoms with E-state index in [1.165, 1.54) is 6.20 Å². The highest BCUT2D eigenvalue weighted by atomic mass is 19.1. The van der Waals surface area contributed by atoms with Crippen LogP contribution in [-0.4, -0.2) is 29.3 Å². The van der Waals surface area contributed by atoms with Gasteiger partial charge in [-0.25, -0.2) is 9.37 Å². The number of alkyl halides is 1. The van der Waals surface area contributed by atoms with Crippen LogP contribution in [0.1, 0.15) is 27.0 Å². The molecule has 0 fully saturated rings. The second kappa shape index (κ2) is 7.64. The Hall–Kier alpha value is -3.48. The summed E-state index contributed by atoms with van der Waals surface area (Å²) >= 11 is 0. The summed E-state index contributed by atoms with van der Waals surface area (Å²) in [5.41, 5.74) is 9.95. The fourth-order valence-corrected chi connectivity index (χ4v) is 3.56. The number of halogens is 1. The molecule has 1 aliphatic heterocycles. The zero-order valence-corrected chi connectivity index (χ0v) is 15.1. The van der Waals surface area contributed by atoms with Crippen LogP contribution in [0.5, 0.6) is 5.75 Å². The molecule has 3 heterocycles. The fourth-order valence-electron chi connectivity index (χ4n) is 3.56. The predicted molar refractivity (Wildman–Crippen MR) is 104 cm³/mol. The van der Waals surface area contributed by atoms with Crippen molar-refractivity contribution in [2.45, 2.75) is 12.8 Å². The molecule has 2 aromatic heterocycles. The maximum Gasteiger partial charge on any atom is 0.249 e. The zero-order valence-electron chi connectivity index (χ0n) is 15.1. The summed E-state index contributed by atoms with van der Waals surface area (Å²) in [4.78, 5) is 22.4. The number of aromatic nitrogens is 2. The van der Waals surface area contributed by atoms with E-state index in [4.69, 9.17) is 10.5 Å². The Morgan fingerprint density at radius 1 is 1.21 bits per heavy atom. The maximum absolute atomic E-state index is 12.4. The van der Waals surface area contributed by atoms with Gasteiger partial charge in [0.05, 0.1) is 6.20 Å². The normalized spacial score (nSPS) is 12.7. The van der Waals surface area contributed by atoms with Gasteiger partial charge >= 0.3 is 0 Å². The standard InChI is InChI=1S/C21H19FN4O2/c22-13-28-16-9-15(11-24-12-16)8-14-4-6-25-20(10-14)26-7-5-17-18(21(23)27)2-1-3-19(17)26/h1-4,6,9-12H,5,7-8,13H2,(H2,23,27). The number of benzene rings is 1. The Bertz CT molecular complexity index is 1020. The van der Waals surface area contributed by atoms with Crippen LogP contribution in [0.4, 0.5) is 15.9 Å². The van der Waals surface area contributed by atoms with E-state index < -0.39 is 12.8 Å². The third-order valence-corrected chi connectivity index (χ3v) is 4.78. The number of fused-ring (bicyclic) bond motifs is 1. The van der Waals surface area contributed by atoms with Crippen LogP contribution >= 0.6 is 0 Å². The van der Waals surface area contributed by atoms with E-state index in [1.54, 1.807) is 24.5 Å². The second-order valence-electron chi connectivity index (χ2n) is 6.55. The Kier molecular flexibility index (Phi) is 4.89. The summed E-state index contributed by atoms with van der Waals surface area (Å²) < 4.78 is 17.2. The Morgan fingerprint density at radius 2 is 2.11 bits per heavy atom. The third kappa shape index (κ3) is 3.51. The van der Waals surface area contributed by atoms with Crippen molar-refractivity contribution in [3.05, 3.63) is 77.2 Å². The molecule has 0 aliphatic carbocycles. The number of carbonyl (C=O) groups excluding carboxylic acids is 1. The molecule has 142 valence electrons. The van der Waals surface area contributed by atoms with E-state index in [9.17, 15) is 9.18 Å². The third-order valence-electron chi connectivity index (χ3n) is 4.78. The number of amides is 1. The van der Waals surface area contributed by atoms with Gasteiger partial charge in [0.1, 0.15) is 11.6 Å². The number of rotatable bonds is 6. The van der Waals surface area contributed by atoms with Gasteiger partial charge in [-0.3, -0.25) is 9.78 Å². The summed E-state index contributed by atoms with van der Waals surface area (Å²) in [7, 11) is 0. The van der Waals surface area contributed by atoms with Crippen molar-refractivity contribution in [3.63, 3.8) is 0 Å². The number of primary amides is 1. The van der Waals surface area contributed by atoms with Gasteiger partial charge in [-0.1, -0.05) is 6.07 Å². The number of hydrogen-bond acceptors (Lipinski definition) is 5. The number of nitrogens with zero attached hydrogens (tertiary/aromatic N) is 3. The van der Waals surface area contributed by atoms with Crippen molar-refractivity contribution in [3.8, 4) is 5.75 Å². The van der Waals surface area contributed by atoms with Gasteiger partial charge in [0.2, 0.25) is 12.8 Å². The van der Waals surface area contributed by atoms with Crippen LogP contribution in [0.3, 0.4) is 0 Å². The van der Waals surface area contributed by atoms with Gasteiger partial charge in [0, 0.05) is 30.2 Å². The van der Waals surface area contributed by atoms with E-state index in [1.807, 2.05) is 24.3 Å². The van der Waals surface area contributed by atoms with Gasteiger partial charge in [-0.15, -0.1) is 0 Å².